The Morgan fingerprint density at radius 2 is 1.77 bits per heavy atom. The molecule has 0 aliphatic heterocycles. The second-order valence-corrected chi connectivity index (χ2v) is 7.89. The van der Waals surface area contributed by atoms with Crippen LogP contribution in [0.2, 0.25) is 0 Å². The molecule has 0 saturated heterocycles. The molecule has 0 spiro atoms. The molecule has 3 heterocycles. The first-order valence-electron chi connectivity index (χ1n) is 10.5. The van der Waals surface area contributed by atoms with E-state index in [-0.39, 0.29) is 29.2 Å². The predicted octanol–water partition coefficient (Wildman–Crippen LogP) is 3.88. The Bertz CT molecular complexity index is 1550. The summed E-state index contributed by atoms with van der Waals surface area (Å²) in [7, 11) is 0. The van der Waals surface area contributed by atoms with Crippen LogP contribution in [0.1, 0.15) is 5.56 Å². The van der Waals surface area contributed by atoms with Crippen LogP contribution in [0.25, 0.3) is 22.9 Å². The predicted molar refractivity (Wildman–Crippen MR) is 117 cm³/mol. The van der Waals surface area contributed by atoms with E-state index in [0.717, 1.165) is 5.32 Å². The summed E-state index contributed by atoms with van der Waals surface area (Å²) < 4.78 is 98.8. The van der Waals surface area contributed by atoms with Gasteiger partial charge in [0.1, 0.15) is 29.7 Å². The fourth-order valence-electron chi connectivity index (χ4n) is 3.33. The number of nitro groups is 1. The van der Waals surface area contributed by atoms with Gasteiger partial charge < -0.3 is 14.9 Å². The van der Waals surface area contributed by atoms with Crippen molar-refractivity contribution >= 4 is 17.4 Å². The third-order valence-corrected chi connectivity index (χ3v) is 5.33. The Kier molecular flexibility index (Phi) is 7.01. The van der Waals surface area contributed by atoms with Crippen molar-refractivity contribution in [3.63, 3.8) is 0 Å². The van der Waals surface area contributed by atoms with Gasteiger partial charge in [-0.25, -0.2) is 14.4 Å². The van der Waals surface area contributed by atoms with E-state index in [0.29, 0.717) is 6.20 Å². The average molecular weight is 575 g/mol. The number of hydrogen-bond donors (Lipinski definition) is 2. The van der Waals surface area contributed by atoms with E-state index in [9.17, 15) is 50.7 Å². The van der Waals surface area contributed by atoms with Gasteiger partial charge in [-0.15, -0.1) is 0 Å². The largest absolute Gasteiger partial charge is 0.435 e. The molecule has 210 valence electrons. The summed E-state index contributed by atoms with van der Waals surface area (Å²) in [6.45, 7) is -0.213. The number of amides is 1. The molecule has 0 aliphatic rings. The second kappa shape index (κ2) is 9.98. The zero-order valence-electron chi connectivity index (χ0n) is 19.2. The topological polar surface area (TPSA) is 162 Å². The van der Waals surface area contributed by atoms with Gasteiger partial charge in [0.2, 0.25) is 5.82 Å². The molecule has 0 unspecified atom stereocenters. The summed E-state index contributed by atoms with van der Waals surface area (Å²) in [5.74, 6) is -5.73. The first kappa shape index (κ1) is 28.1. The highest BCUT2D eigenvalue weighted by atomic mass is 19.4. The van der Waals surface area contributed by atoms with E-state index in [1.54, 1.807) is 0 Å². The van der Waals surface area contributed by atoms with Crippen LogP contribution < -0.4 is 5.32 Å². The maximum atomic E-state index is 14.3. The Morgan fingerprint density at radius 1 is 1.10 bits per heavy atom. The van der Waals surface area contributed by atoms with Gasteiger partial charge in [-0.05, 0) is 12.1 Å². The summed E-state index contributed by atoms with van der Waals surface area (Å²) in [6, 6.07) is 8.18. The smallest absolute Gasteiger partial charge is 0.366 e. The normalized spacial score (nSPS) is 12.4. The van der Waals surface area contributed by atoms with Gasteiger partial charge in [0.15, 0.2) is 5.82 Å². The fourth-order valence-corrected chi connectivity index (χ4v) is 3.33. The van der Waals surface area contributed by atoms with Crippen molar-refractivity contribution in [2.75, 3.05) is 5.32 Å². The molecule has 0 aliphatic carbocycles. The molecule has 1 aromatic carbocycles. The Morgan fingerprint density at radius 3 is 2.35 bits per heavy atom. The molecule has 0 fully saturated rings. The van der Waals surface area contributed by atoms with Crippen molar-refractivity contribution in [1.82, 2.24) is 24.9 Å². The molecule has 0 bridgehead atoms. The van der Waals surface area contributed by atoms with E-state index < -0.39 is 51.9 Å². The highest BCUT2D eigenvalue weighted by molar-refractivity contribution is 5.99. The second-order valence-electron chi connectivity index (χ2n) is 7.89. The van der Waals surface area contributed by atoms with E-state index in [1.165, 1.54) is 47.3 Å². The maximum Gasteiger partial charge on any atom is 0.435 e. The van der Waals surface area contributed by atoms with Crippen molar-refractivity contribution in [2.24, 2.45) is 0 Å². The highest BCUT2D eigenvalue weighted by Gasteiger charge is 2.75. The van der Waals surface area contributed by atoms with Crippen LogP contribution in [-0.4, -0.2) is 58.8 Å². The first-order valence-corrected chi connectivity index (χ1v) is 10.5. The SMILES string of the molecule is O=C(Nc1nc(-c2cc(-c3ccon3)n(Cc3ccccc3F)n2)ncc1[N+](=O)[O-])C(O)(C(F)(F)F)C(F)(F)F. The summed E-state index contributed by atoms with van der Waals surface area (Å²) in [5.41, 5.74) is -7.03. The molecule has 19 heteroatoms. The summed E-state index contributed by atoms with van der Waals surface area (Å²) in [6.07, 6.45) is -11.5. The number of anilines is 1. The van der Waals surface area contributed by atoms with Crippen molar-refractivity contribution in [1.29, 1.82) is 0 Å². The lowest BCUT2D eigenvalue weighted by Crippen LogP contribution is -2.64. The number of nitrogens with one attached hydrogen (secondary N) is 1. The molecule has 0 radical (unpaired) electrons. The quantitative estimate of drug-likeness (QED) is 0.189. The molecule has 1 amide bonds. The molecule has 2 N–H and O–H groups in total. The highest BCUT2D eigenvalue weighted by Crippen LogP contribution is 2.44. The number of aromatic nitrogens is 5. The number of benzene rings is 1. The minimum absolute atomic E-state index is 0.151. The van der Waals surface area contributed by atoms with E-state index in [2.05, 4.69) is 20.2 Å². The first-order chi connectivity index (χ1) is 18.6. The Labute approximate surface area is 216 Å². The van der Waals surface area contributed by atoms with Crippen molar-refractivity contribution in [2.45, 2.75) is 24.5 Å². The van der Waals surface area contributed by atoms with Crippen molar-refractivity contribution < 1.29 is 50.1 Å². The zero-order valence-corrected chi connectivity index (χ0v) is 19.2. The van der Waals surface area contributed by atoms with Gasteiger partial charge in [0, 0.05) is 11.6 Å². The number of carbonyl (C=O) groups excluding carboxylic acids is 1. The number of rotatable bonds is 7. The van der Waals surface area contributed by atoms with E-state index >= 15 is 0 Å². The third kappa shape index (κ3) is 5.05. The maximum absolute atomic E-state index is 14.3. The lowest BCUT2D eigenvalue weighted by atomic mass is 10.0. The minimum atomic E-state index is -6.56. The molecule has 40 heavy (non-hydrogen) atoms. The van der Waals surface area contributed by atoms with E-state index in [4.69, 9.17) is 4.52 Å². The molecule has 4 rings (SSSR count). The Balaban J connectivity index is 1.79. The minimum Gasteiger partial charge on any atom is -0.366 e. The molecular weight excluding hydrogens is 563 g/mol. The number of alkyl halides is 6. The van der Waals surface area contributed by atoms with Gasteiger partial charge >= 0.3 is 23.6 Å². The third-order valence-electron chi connectivity index (χ3n) is 5.33. The summed E-state index contributed by atoms with van der Waals surface area (Å²) >= 11 is 0. The standard InChI is InChI=1S/C21H12F7N7O5/c22-11-4-2-1-3-10(11)9-34-14(12-5-6-40-33-12)7-13(32-34)16-29-8-15(35(38)39)17(30-16)31-18(36)19(37,20(23,24)25)21(26,27)28/h1-8,37H,9H2,(H,29,30,31,36). The molecular formula is C21H12F7N7O5. The molecule has 4 aromatic rings. The zero-order chi connectivity index (χ0) is 29.5. The average Bonchev–Trinajstić information content (AvgIpc) is 3.53. The number of hydrogen-bond acceptors (Lipinski definition) is 9. The van der Waals surface area contributed by atoms with Crippen LogP contribution >= 0.6 is 0 Å². The van der Waals surface area contributed by atoms with E-state index in [1.807, 2.05) is 0 Å². The van der Waals surface area contributed by atoms with Gasteiger partial charge in [-0.2, -0.15) is 31.4 Å². The number of carbonyl (C=O) groups is 1. The van der Waals surface area contributed by atoms with Crippen LogP contribution in [0, 0.1) is 15.9 Å². The van der Waals surface area contributed by atoms with Gasteiger partial charge in [0.05, 0.1) is 17.2 Å². The molecule has 0 atom stereocenters. The van der Waals surface area contributed by atoms with Crippen LogP contribution in [0.5, 0.6) is 0 Å². The van der Waals surface area contributed by atoms with Crippen LogP contribution in [0.15, 0.2) is 53.4 Å². The molecule has 0 saturated carbocycles. The van der Waals surface area contributed by atoms with Crippen molar-refractivity contribution in [3.8, 4) is 22.9 Å². The summed E-state index contributed by atoms with van der Waals surface area (Å²) in [4.78, 5) is 29.3. The van der Waals surface area contributed by atoms with Crippen LogP contribution in [-0.2, 0) is 11.3 Å². The number of halogens is 7. The molecule has 3 aromatic heterocycles. The fraction of sp³-hybridized carbons (Fsp3) is 0.190. The lowest BCUT2D eigenvalue weighted by Gasteiger charge is -2.30. The van der Waals surface area contributed by atoms with Gasteiger partial charge in [-0.3, -0.25) is 19.6 Å². The number of aliphatic hydroxyl groups is 1. The lowest BCUT2D eigenvalue weighted by molar-refractivity contribution is -0.384. The van der Waals surface area contributed by atoms with Crippen LogP contribution in [0.4, 0.5) is 42.2 Å². The summed E-state index contributed by atoms with van der Waals surface area (Å²) in [5, 5.41) is 29.5. The molecule has 12 nitrogen and oxygen atoms in total. The van der Waals surface area contributed by atoms with Crippen LogP contribution in [0.3, 0.4) is 0 Å². The number of nitrogens with zero attached hydrogens (tertiary/aromatic N) is 6. The van der Waals surface area contributed by atoms with Gasteiger partial charge in [-0.1, -0.05) is 23.4 Å². The van der Waals surface area contributed by atoms with Crippen molar-refractivity contribution in [3.05, 3.63) is 70.4 Å². The Hall–Kier alpha value is -4.94. The van der Waals surface area contributed by atoms with Gasteiger partial charge in [0.25, 0.3) is 5.91 Å². The monoisotopic (exact) mass is 575 g/mol.